The first-order valence-electron chi connectivity index (χ1n) is 7.34. The number of carbonyl (C=O) groups excluding carboxylic acids is 1. The average Bonchev–Trinajstić information content (AvgIpc) is 3.09. The summed E-state index contributed by atoms with van der Waals surface area (Å²) in [5.74, 6) is 1.19. The molecule has 6 heteroatoms. The first kappa shape index (κ1) is 16.6. The van der Waals surface area contributed by atoms with Crippen LogP contribution in [0.4, 0.5) is 0 Å². The summed E-state index contributed by atoms with van der Waals surface area (Å²) in [5, 5.41) is 0.981. The van der Waals surface area contributed by atoms with Crippen LogP contribution < -0.4 is 4.74 Å². The molecule has 1 aromatic heterocycles. The molecule has 24 heavy (non-hydrogen) atoms. The van der Waals surface area contributed by atoms with Gasteiger partial charge in [0.15, 0.2) is 5.78 Å². The van der Waals surface area contributed by atoms with Crippen molar-refractivity contribution in [3.05, 3.63) is 76.8 Å². The maximum atomic E-state index is 12.2. The maximum absolute atomic E-state index is 12.2. The second-order valence-electron chi connectivity index (χ2n) is 5.17. The minimum atomic E-state index is 0.0692. The molecule has 0 bridgehead atoms. The molecule has 0 atom stereocenters. The van der Waals surface area contributed by atoms with E-state index >= 15 is 0 Å². The fraction of sp³-hybridized carbons (Fsp3) is 0.111. The molecule has 0 amide bonds. The molecule has 2 aromatic carbocycles. The Labute approximate surface area is 149 Å². The zero-order valence-electron chi connectivity index (χ0n) is 12.7. The van der Waals surface area contributed by atoms with Crippen LogP contribution in [-0.4, -0.2) is 15.3 Å². The molecule has 0 saturated carbocycles. The number of imidazole rings is 1. The number of carbonyl (C=O) groups is 1. The van der Waals surface area contributed by atoms with Crippen molar-refractivity contribution in [2.24, 2.45) is 0 Å². The molecule has 0 radical (unpaired) electrons. The Kier molecular flexibility index (Phi) is 5.18. The van der Waals surface area contributed by atoms with Crippen LogP contribution >= 0.6 is 23.2 Å². The van der Waals surface area contributed by atoms with E-state index in [2.05, 4.69) is 4.98 Å². The van der Waals surface area contributed by atoms with Crippen LogP contribution in [0, 0.1) is 0 Å². The van der Waals surface area contributed by atoms with Gasteiger partial charge in [0.2, 0.25) is 0 Å². The Morgan fingerprint density at radius 3 is 2.58 bits per heavy atom. The fourth-order valence-corrected chi connectivity index (χ4v) is 2.63. The first-order chi connectivity index (χ1) is 11.6. The van der Waals surface area contributed by atoms with Crippen LogP contribution in [0.15, 0.2) is 61.2 Å². The number of nitrogens with zero attached hydrogens (tertiary/aromatic N) is 2. The number of hydrogen-bond acceptors (Lipinski definition) is 3. The highest BCUT2D eigenvalue weighted by atomic mass is 35.5. The Hall–Kier alpha value is -2.30. The van der Waals surface area contributed by atoms with E-state index in [9.17, 15) is 4.79 Å². The van der Waals surface area contributed by atoms with Gasteiger partial charge in [0.05, 0.1) is 11.3 Å². The van der Waals surface area contributed by atoms with E-state index in [0.29, 0.717) is 40.1 Å². The number of halogens is 2. The third-order valence-corrected chi connectivity index (χ3v) is 3.98. The molecule has 1 heterocycles. The lowest BCUT2D eigenvalue weighted by Crippen LogP contribution is -2.04. The Morgan fingerprint density at radius 1 is 1.12 bits per heavy atom. The molecule has 0 aliphatic rings. The molecule has 0 saturated heterocycles. The van der Waals surface area contributed by atoms with Crippen LogP contribution in [0.2, 0.25) is 10.0 Å². The van der Waals surface area contributed by atoms with E-state index in [-0.39, 0.29) is 5.78 Å². The van der Waals surface area contributed by atoms with Crippen LogP contribution in [-0.2, 0) is 6.54 Å². The number of rotatable bonds is 6. The van der Waals surface area contributed by atoms with Gasteiger partial charge in [-0.3, -0.25) is 4.79 Å². The second kappa shape index (κ2) is 7.51. The van der Waals surface area contributed by atoms with E-state index in [1.165, 1.54) is 0 Å². The van der Waals surface area contributed by atoms with Gasteiger partial charge >= 0.3 is 0 Å². The molecule has 4 nitrogen and oxygen atoms in total. The third kappa shape index (κ3) is 4.16. The zero-order valence-corrected chi connectivity index (χ0v) is 14.2. The van der Waals surface area contributed by atoms with Crippen LogP contribution in [0.1, 0.15) is 16.8 Å². The smallest absolute Gasteiger partial charge is 0.164 e. The van der Waals surface area contributed by atoms with E-state index in [0.717, 1.165) is 0 Å². The Bertz CT molecular complexity index is 831. The normalized spacial score (nSPS) is 10.6. The minimum Gasteiger partial charge on any atom is -0.456 e. The molecule has 3 rings (SSSR count). The summed E-state index contributed by atoms with van der Waals surface area (Å²) in [6.45, 7) is 0.609. The van der Waals surface area contributed by atoms with E-state index in [4.69, 9.17) is 27.9 Å². The zero-order chi connectivity index (χ0) is 16.9. The average molecular weight is 361 g/mol. The summed E-state index contributed by atoms with van der Waals surface area (Å²) in [6, 6.07) is 12.0. The third-order valence-electron chi connectivity index (χ3n) is 3.45. The molecular weight excluding hydrogens is 347 g/mol. The van der Waals surface area contributed by atoms with Gasteiger partial charge in [0, 0.05) is 35.9 Å². The standard InChI is InChI=1S/C18H14Cl2N2O2/c19-14-3-6-18(16(20)11-14)24-15-4-1-13(2-5-15)17(23)7-9-22-10-8-21-12-22/h1-6,8,10-12H,7,9H2. The highest BCUT2D eigenvalue weighted by Gasteiger charge is 2.08. The summed E-state index contributed by atoms with van der Waals surface area (Å²) in [4.78, 5) is 16.1. The number of hydrogen-bond donors (Lipinski definition) is 0. The molecule has 3 aromatic rings. The molecule has 0 aliphatic heterocycles. The number of benzene rings is 2. The highest BCUT2D eigenvalue weighted by Crippen LogP contribution is 2.31. The van der Waals surface area contributed by atoms with E-state index in [1.54, 1.807) is 55.0 Å². The molecule has 0 aliphatic carbocycles. The molecule has 0 fully saturated rings. The minimum absolute atomic E-state index is 0.0692. The monoisotopic (exact) mass is 360 g/mol. The fourth-order valence-electron chi connectivity index (χ4n) is 2.19. The summed E-state index contributed by atoms with van der Waals surface area (Å²) >= 11 is 11.9. The first-order valence-corrected chi connectivity index (χ1v) is 8.09. The van der Waals surface area contributed by atoms with Crippen molar-refractivity contribution >= 4 is 29.0 Å². The molecular formula is C18H14Cl2N2O2. The van der Waals surface area contributed by atoms with Crippen molar-refractivity contribution < 1.29 is 9.53 Å². The number of ketones is 1. The topological polar surface area (TPSA) is 44.1 Å². The van der Waals surface area contributed by atoms with E-state index < -0.39 is 0 Å². The van der Waals surface area contributed by atoms with Gasteiger partial charge in [-0.2, -0.15) is 0 Å². The predicted molar refractivity (Wildman–Crippen MR) is 94.2 cm³/mol. The summed E-state index contributed by atoms with van der Waals surface area (Å²) in [6.07, 6.45) is 5.64. The van der Waals surface area contributed by atoms with Gasteiger partial charge in [-0.15, -0.1) is 0 Å². The summed E-state index contributed by atoms with van der Waals surface area (Å²) in [5.41, 5.74) is 0.643. The van der Waals surface area contributed by atoms with Gasteiger partial charge < -0.3 is 9.30 Å². The van der Waals surface area contributed by atoms with Crippen molar-refractivity contribution in [3.63, 3.8) is 0 Å². The largest absolute Gasteiger partial charge is 0.456 e. The van der Waals surface area contributed by atoms with Gasteiger partial charge in [0.1, 0.15) is 11.5 Å². The second-order valence-corrected chi connectivity index (χ2v) is 6.02. The van der Waals surface area contributed by atoms with Gasteiger partial charge in [-0.05, 0) is 42.5 Å². The van der Waals surface area contributed by atoms with Gasteiger partial charge in [-0.25, -0.2) is 4.98 Å². The summed E-state index contributed by atoms with van der Waals surface area (Å²) in [7, 11) is 0. The Morgan fingerprint density at radius 2 is 1.92 bits per heavy atom. The molecule has 122 valence electrons. The van der Waals surface area contributed by atoms with Crippen molar-refractivity contribution in [2.75, 3.05) is 0 Å². The van der Waals surface area contributed by atoms with E-state index in [1.807, 2.05) is 10.8 Å². The Balaban J connectivity index is 1.63. The highest BCUT2D eigenvalue weighted by molar-refractivity contribution is 6.35. The van der Waals surface area contributed by atoms with Crippen molar-refractivity contribution in [1.29, 1.82) is 0 Å². The van der Waals surface area contributed by atoms with Crippen LogP contribution in [0.5, 0.6) is 11.5 Å². The number of Topliss-reactive ketones (excluding diaryl/α,β-unsaturated/α-hetero) is 1. The number of ether oxygens (including phenoxy) is 1. The summed E-state index contributed by atoms with van der Waals surface area (Å²) < 4.78 is 7.58. The molecule has 0 unspecified atom stereocenters. The van der Waals surface area contributed by atoms with Gasteiger partial charge in [0.25, 0.3) is 0 Å². The van der Waals surface area contributed by atoms with Crippen molar-refractivity contribution in [2.45, 2.75) is 13.0 Å². The lowest BCUT2D eigenvalue weighted by Gasteiger charge is -2.08. The lowest BCUT2D eigenvalue weighted by molar-refractivity contribution is 0.0977. The predicted octanol–water partition coefficient (Wildman–Crippen LogP) is 5.26. The lowest BCUT2D eigenvalue weighted by atomic mass is 10.1. The van der Waals surface area contributed by atoms with Crippen LogP contribution in [0.3, 0.4) is 0 Å². The van der Waals surface area contributed by atoms with Crippen LogP contribution in [0.25, 0.3) is 0 Å². The number of aryl methyl sites for hydroxylation is 1. The number of aromatic nitrogens is 2. The van der Waals surface area contributed by atoms with Gasteiger partial charge in [-0.1, -0.05) is 23.2 Å². The van der Waals surface area contributed by atoms with Crippen molar-refractivity contribution in [3.8, 4) is 11.5 Å². The SMILES string of the molecule is O=C(CCn1ccnc1)c1ccc(Oc2ccc(Cl)cc2Cl)cc1. The quantitative estimate of drug-likeness (QED) is 0.563. The molecule has 0 N–H and O–H groups in total. The maximum Gasteiger partial charge on any atom is 0.164 e. The van der Waals surface area contributed by atoms with Crippen molar-refractivity contribution in [1.82, 2.24) is 9.55 Å². The molecule has 0 spiro atoms.